The number of hydrogen-bond acceptors (Lipinski definition) is 5. The topological polar surface area (TPSA) is 58.6 Å². The number of nitrogens with zero attached hydrogens (tertiary/aromatic N) is 4. The van der Waals surface area contributed by atoms with E-state index in [2.05, 4.69) is 14.9 Å². The zero-order valence-corrected chi connectivity index (χ0v) is 14.7. The van der Waals surface area contributed by atoms with Gasteiger partial charge in [0.1, 0.15) is 23.8 Å². The third-order valence-corrected chi connectivity index (χ3v) is 5.13. The van der Waals surface area contributed by atoms with Crippen LogP contribution in [0.1, 0.15) is 30.9 Å². The number of aromatic nitrogens is 2. The van der Waals surface area contributed by atoms with Crippen molar-refractivity contribution in [1.82, 2.24) is 15.0 Å². The van der Waals surface area contributed by atoms with Gasteiger partial charge in [-0.25, -0.2) is 23.8 Å². The first-order chi connectivity index (χ1) is 13.1. The highest BCUT2D eigenvalue weighted by Gasteiger charge is 2.37. The highest BCUT2D eigenvalue weighted by atomic mass is 19.1. The second kappa shape index (κ2) is 7.56. The van der Waals surface area contributed by atoms with E-state index in [9.17, 15) is 13.6 Å². The van der Waals surface area contributed by atoms with Crippen LogP contribution in [-0.2, 0) is 9.63 Å². The first-order valence-corrected chi connectivity index (χ1v) is 9.05. The Bertz CT molecular complexity index is 792. The minimum absolute atomic E-state index is 0.121. The van der Waals surface area contributed by atoms with Gasteiger partial charge in [0.25, 0.3) is 0 Å². The molecule has 0 unspecified atom stereocenters. The molecule has 142 valence electrons. The van der Waals surface area contributed by atoms with Crippen LogP contribution in [0.2, 0.25) is 0 Å². The number of carbonyl (C=O) groups excluding carboxylic acids is 1. The normalized spacial score (nSPS) is 20.9. The third kappa shape index (κ3) is 3.75. The van der Waals surface area contributed by atoms with Crippen molar-refractivity contribution in [1.29, 1.82) is 0 Å². The number of carbonyl (C=O) groups is 1. The number of benzene rings is 1. The molecule has 0 saturated carbocycles. The molecule has 1 amide bonds. The predicted molar refractivity (Wildman–Crippen MR) is 93.5 cm³/mol. The maximum atomic E-state index is 13.6. The number of rotatable bonds is 3. The van der Waals surface area contributed by atoms with Crippen molar-refractivity contribution in [3.63, 3.8) is 0 Å². The van der Waals surface area contributed by atoms with E-state index in [-0.39, 0.29) is 11.8 Å². The lowest BCUT2D eigenvalue weighted by molar-refractivity contribution is -0.182. The molecular weight excluding hydrogens is 354 g/mol. The highest BCUT2D eigenvalue weighted by Crippen LogP contribution is 2.34. The Morgan fingerprint density at radius 3 is 2.52 bits per heavy atom. The largest absolute Gasteiger partial charge is 0.356 e. The Morgan fingerprint density at radius 1 is 1.11 bits per heavy atom. The summed E-state index contributed by atoms with van der Waals surface area (Å²) in [6, 6.07) is 4.75. The Morgan fingerprint density at radius 2 is 1.85 bits per heavy atom. The maximum Gasteiger partial charge on any atom is 0.249 e. The molecule has 8 heteroatoms. The molecule has 2 aromatic rings. The first kappa shape index (κ1) is 17.8. The Kier molecular flexibility index (Phi) is 4.98. The van der Waals surface area contributed by atoms with Crippen LogP contribution in [0.4, 0.5) is 14.6 Å². The lowest BCUT2D eigenvalue weighted by atomic mass is 9.94. The van der Waals surface area contributed by atoms with E-state index in [4.69, 9.17) is 4.84 Å². The minimum Gasteiger partial charge on any atom is -0.356 e. The fourth-order valence-corrected chi connectivity index (χ4v) is 3.76. The van der Waals surface area contributed by atoms with Crippen LogP contribution in [0.25, 0.3) is 0 Å². The molecule has 0 radical (unpaired) electrons. The standard InChI is InChI=1S/C19H20F2N4O2/c20-15-9-14(10-16(21)11-15)17-4-8-27-25(17)19(26)13-2-6-24(7-3-13)18-1-5-22-12-23-18/h1,5,9-13,17H,2-4,6-8H2/t17-/m0/s1. The van der Waals surface area contributed by atoms with Gasteiger partial charge in [0, 0.05) is 37.7 Å². The number of amides is 1. The van der Waals surface area contributed by atoms with Crippen molar-refractivity contribution < 1.29 is 18.4 Å². The molecule has 6 nitrogen and oxygen atoms in total. The first-order valence-electron chi connectivity index (χ1n) is 9.05. The van der Waals surface area contributed by atoms with E-state index in [0.29, 0.717) is 44.5 Å². The summed E-state index contributed by atoms with van der Waals surface area (Å²) in [6.07, 6.45) is 5.07. The van der Waals surface area contributed by atoms with Crippen molar-refractivity contribution in [2.24, 2.45) is 5.92 Å². The Hall–Kier alpha value is -2.61. The van der Waals surface area contributed by atoms with Crippen LogP contribution < -0.4 is 4.90 Å². The van der Waals surface area contributed by atoms with E-state index in [0.717, 1.165) is 11.9 Å². The fraction of sp³-hybridized carbons (Fsp3) is 0.421. The van der Waals surface area contributed by atoms with Crippen LogP contribution >= 0.6 is 0 Å². The Labute approximate surface area is 155 Å². The molecule has 0 N–H and O–H groups in total. The Balaban J connectivity index is 1.43. The van der Waals surface area contributed by atoms with Gasteiger partial charge in [-0.05, 0) is 36.6 Å². The van der Waals surface area contributed by atoms with Crippen LogP contribution in [0.3, 0.4) is 0 Å². The van der Waals surface area contributed by atoms with Gasteiger partial charge in [-0.2, -0.15) is 0 Å². The SMILES string of the molecule is O=C(C1CCN(c2ccncn2)CC1)N1OCC[C@H]1c1cc(F)cc(F)c1. The fourth-order valence-electron chi connectivity index (χ4n) is 3.76. The van der Waals surface area contributed by atoms with E-state index in [1.165, 1.54) is 23.5 Å². The van der Waals surface area contributed by atoms with Gasteiger partial charge in [-0.1, -0.05) is 0 Å². The van der Waals surface area contributed by atoms with Crippen molar-refractivity contribution in [3.05, 3.63) is 54.0 Å². The van der Waals surface area contributed by atoms with Crippen molar-refractivity contribution in [3.8, 4) is 0 Å². The minimum atomic E-state index is -0.651. The summed E-state index contributed by atoms with van der Waals surface area (Å²) < 4.78 is 27.1. The zero-order valence-electron chi connectivity index (χ0n) is 14.7. The van der Waals surface area contributed by atoms with E-state index < -0.39 is 17.7 Å². The van der Waals surface area contributed by atoms with Crippen molar-refractivity contribution >= 4 is 11.7 Å². The molecule has 3 heterocycles. The summed E-state index contributed by atoms with van der Waals surface area (Å²) in [5, 5.41) is 1.32. The summed E-state index contributed by atoms with van der Waals surface area (Å²) in [5.41, 5.74) is 0.428. The number of hydrogen-bond donors (Lipinski definition) is 0. The summed E-state index contributed by atoms with van der Waals surface area (Å²) in [5.74, 6) is -0.752. The monoisotopic (exact) mass is 374 g/mol. The predicted octanol–water partition coefficient (Wildman–Crippen LogP) is 2.88. The molecule has 1 aromatic heterocycles. The molecule has 2 aliphatic rings. The number of halogens is 2. The van der Waals surface area contributed by atoms with Crippen LogP contribution in [0.15, 0.2) is 36.8 Å². The lowest BCUT2D eigenvalue weighted by Crippen LogP contribution is -2.42. The average molecular weight is 374 g/mol. The summed E-state index contributed by atoms with van der Waals surface area (Å²) in [6.45, 7) is 1.77. The second-order valence-electron chi connectivity index (χ2n) is 6.83. The average Bonchev–Trinajstić information content (AvgIpc) is 3.17. The smallest absolute Gasteiger partial charge is 0.249 e. The molecule has 4 rings (SSSR count). The van der Waals surface area contributed by atoms with Crippen LogP contribution in [-0.4, -0.2) is 40.6 Å². The lowest BCUT2D eigenvalue weighted by Gasteiger charge is -2.34. The summed E-state index contributed by atoms with van der Waals surface area (Å²) >= 11 is 0. The molecule has 0 spiro atoms. The number of anilines is 1. The van der Waals surface area contributed by atoms with Crippen molar-refractivity contribution in [2.45, 2.75) is 25.3 Å². The molecule has 2 fully saturated rings. The number of hydroxylamine groups is 2. The molecule has 0 bridgehead atoms. The second-order valence-corrected chi connectivity index (χ2v) is 6.83. The van der Waals surface area contributed by atoms with Gasteiger partial charge in [-0.3, -0.25) is 9.63 Å². The van der Waals surface area contributed by atoms with E-state index >= 15 is 0 Å². The molecular formula is C19H20F2N4O2. The molecule has 1 aromatic carbocycles. The van der Waals surface area contributed by atoms with Gasteiger partial charge >= 0.3 is 0 Å². The van der Waals surface area contributed by atoms with E-state index in [1.807, 2.05) is 6.07 Å². The number of piperidine rings is 1. The highest BCUT2D eigenvalue weighted by molar-refractivity contribution is 5.79. The van der Waals surface area contributed by atoms with Gasteiger partial charge in [0.05, 0.1) is 12.6 Å². The summed E-state index contributed by atoms with van der Waals surface area (Å²) in [7, 11) is 0. The zero-order chi connectivity index (χ0) is 18.8. The molecule has 1 atom stereocenters. The van der Waals surface area contributed by atoms with Gasteiger partial charge in [-0.15, -0.1) is 0 Å². The van der Waals surface area contributed by atoms with E-state index in [1.54, 1.807) is 6.20 Å². The summed E-state index contributed by atoms with van der Waals surface area (Å²) in [4.78, 5) is 28.8. The molecule has 0 aliphatic carbocycles. The quantitative estimate of drug-likeness (QED) is 0.827. The molecule has 2 saturated heterocycles. The maximum absolute atomic E-state index is 13.6. The van der Waals surface area contributed by atoms with Gasteiger partial charge in [0.2, 0.25) is 5.91 Å². The van der Waals surface area contributed by atoms with Gasteiger partial charge in [0.15, 0.2) is 0 Å². The molecule has 27 heavy (non-hydrogen) atoms. The third-order valence-electron chi connectivity index (χ3n) is 5.13. The molecule has 2 aliphatic heterocycles. The van der Waals surface area contributed by atoms with Crippen molar-refractivity contribution in [2.75, 3.05) is 24.6 Å². The van der Waals surface area contributed by atoms with Crippen LogP contribution in [0.5, 0.6) is 0 Å². The van der Waals surface area contributed by atoms with Crippen LogP contribution in [0, 0.1) is 17.6 Å². The van der Waals surface area contributed by atoms with Gasteiger partial charge < -0.3 is 4.90 Å².